The maximum absolute atomic E-state index is 11.7. The number of fused-ring (bicyclic) bond motifs is 1. The number of rotatable bonds is 1. The highest BCUT2D eigenvalue weighted by Gasteiger charge is 2.22. The first-order chi connectivity index (χ1) is 7.22. The highest BCUT2D eigenvalue weighted by molar-refractivity contribution is 5.95. The van der Waals surface area contributed by atoms with Crippen LogP contribution >= 0.6 is 0 Å². The fourth-order valence-electron chi connectivity index (χ4n) is 1.69. The fourth-order valence-corrected chi connectivity index (χ4v) is 1.69. The van der Waals surface area contributed by atoms with E-state index in [2.05, 4.69) is 0 Å². The number of carbonyl (C=O) groups excluding carboxylic acids is 1. The third-order valence-electron chi connectivity index (χ3n) is 2.45. The monoisotopic (exact) mass is 206 g/mol. The first-order valence-corrected chi connectivity index (χ1v) is 5.05. The SMILES string of the molecule is CCC(=O)N1CCOc2cc(N)ccc21. The van der Waals surface area contributed by atoms with Gasteiger partial charge in [0.2, 0.25) is 5.91 Å². The van der Waals surface area contributed by atoms with E-state index >= 15 is 0 Å². The van der Waals surface area contributed by atoms with Crippen molar-refractivity contribution in [3.63, 3.8) is 0 Å². The predicted octanol–water partition coefficient (Wildman–Crippen LogP) is 1.40. The number of ether oxygens (including phenoxy) is 1. The molecule has 0 aliphatic carbocycles. The van der Waals surface area contributed by atoms with Crippen molar-refractivity contribution >= 4 is 17.3 Å². The topological polar surface area (TPSA) is 55.6 Å². The van der Waals surface area contributed by atoms with Gasteiger partial charge >= 0.3 is 0 Å². The van der Waals surface area contributed by atoms with Crippen molar-refractivity contribution in [2.45, 2.75) is 13.3 Å². The second-order valence-electron chi connectivity index (χ2n) is 3.47. The van der Waals surface area contributed by atoms with Gasteiger partial charge in [0.25, 0.3) is 0 Å². The molecule has 1 aromatic rings. The zero-order chi connectivity index (χ0) is 10.8. The summed E-state index contributed by atoms with van der Waals surface area (Å²) in [5, 5.41) is 0. The van der Waals surface area contributed by atoms with Gasteiger partial charge in [-0.1, -0.05) is 6.92 Å². The van der Waals surface area contributed by atoms with Gasteiger partial charge in [-0.05, 0) is 12.1 Å². The number of carbonyl (C=O) groups is 1. The van der Waals surface area contributed by atoms with E-state index in [0.29, 0.717) is 31.0 Å². The number of nitrogen functional groups attached to an aromatic ring is 1. The van der Waals surface area contributed by atoms with Gasteiger partial charge in [-0.25, -0.2) is 0 Å². The Bertz CT molecular complexity index is 390. The molecule has 80 valence electrons. The maximum atomic E-state index is 11.7. The van der Waals surface area contributed by atoms with Crippen LogP contribution in [0.3, 0.4) is 0 Å². The number of hydrogen-bond donors (Lipinski definition) is 1. The number of anilines is 2. The second-order valence-corrected chi connectivity index (χ2v) is 3.47. The van der Waals surface area contributed by atoms with Gasteiger partial charge < -0.3 is 15.4 Å². The Morgan fingerprint density at radius 2 is 2.40 bits per heavy atom. The molecule has 4 nitrogen and oxygen atoms in total. The third kappa shape index (κ3) is 1.75. The van der Waals surface area contributed by atoms with Crippen LogP contribution in [0.25, 0.3) is 0 Å². The number of hydrogen-bond acceptors (Lipinski definition) is 3. The summed E-state index contributed by atoms with van der Waals surface area (Å²) in [6.45, 7) is 3.00. The Morgan fingerprint density at radius 1 is 1.60 bits per heavy atom. The minimum absolute atomic E-state index is 0.115. The van der Waals surface area contributed by atoms with E-state index in [1.807, 2.05) is 13.0 Å². The molecule has 1 aliphatic heterocycles. The Balaban J connectivity index is 2.38. The predicted molar refractivity (Wildman–Crippen MR) is 59.0 cm³/mol. The van der Waals surface area contributed by atoms with Gasteiger partial charge in [0.15, 0.2) is 0 Å². The highest BCUT2D eigenvalue weighted by Crippen LogP contribution is 2.33. The van der Waals surface area contributed by atoms with Gasteiger partial charge in [-0.15, -0.1) is 0 Å². The van der Waals surface area contributed by atoms with Gasteiger partial charge in [-0.2, -0.15) is 0 Å². The average Bonchev–Trinajstić information content (AvgIpc) is 2.26. The molecule has 0 radical (unpaired) electrons. The van der Waals surface area contributed by atoms with Crippen LogP contribution in [-0.4, -0.2) is 19.1 Å². The normalized spacial score (nSPS) is 14.3. The number of nitrogens with zero attached hydrogens (tertiary/aromatic N) is 1. The minimum atomic E-state index is 0.115. The molecule has 0 saturated heterocycles. The van der Waals surface area contributed by atoms with Crippen LogP contribution in [0.15, 0.2) is 18.2 Å². The first-order valence-electron chi connectivity index (χ1n) is 5.05. The van der Waals surface area contributed by atoms with E-state index in [0.717, 1.165) is 5.69 Å². The summed E-state index contributed by atoms with van der Waals surface area (Å²) in [7, 11) is 0. The zero-order valence-corrected chi connectivity index (χ0v) is 8.69. The van der Waals surface area contributed by atoms with Gasteiger partial charge in [0.05, 0.1) is 12.2 Å². The van der Waals surface area contributed by atoms with E-state index in [-0.39, 0.29) is 5.91 Å². The Hall–Kier alpha value is -1.71. The first kappa shape index (κ1) is 9.83. The van der Waals surface area contributed by atoms with Gasteiger partial charge in [0, 0.05) is 18.2 Å². The number of amides is 1. The molecule has 1 aliphatic rings. The van der Waals surface area contributed by atoms with Crippen molar-refractivity contribution in [3.8, 4) is 5.75 Å². The Kier molecular flexibility index (Phi) is 2.49. The molecule has 0 unspecified atom stereocenters. The smallest absolute Gasteiger partial charge is 0.226 e. The number of benzene rings is 1. The molecule has 0 bridgehead atoms. The molecule has 0 fully saturated rings. The molecule has 0 spiro atoms. The van der Waals surface area contributed by atoms with Crippen LogP contribution in [0.4, 0.5) is 11.4 Å². The molecule has 2 N–H and O–H groups in total. The van der Waals surface area contributed by atoms with Gasteiger partial charge in [0.1, 0.15) is 12.4 Å². The zero-order valence-electron chi connectivity index (χ0n) is 8.69. The molecule has 1 aromatic carbocycles. The standard InChI is InChI=1S/C11H14N2O2/c1-2-11(14)13-5-6-15-10-7-8(12)3-4-9(10)13/h3-4,7H,2,5-6,12H2,1H3. The van der Waals surface area contributed by atoms with Crippen LogP contribution in [0.2, 0.25) is 0 Å². The summed E-state index contributed by atoms with van der Waals surface area (Å²) in [5.41, 5.74) is 7.13. The van der Waals surface area contributed by atoms with Crippen LogP contribution in [0, 0.1) is 0 Å². The third-order valence-corrected chi connectivity index (χ3v) is 2.45. The molecule has 15 heavy (non-hydrogen) atoms. The van der Waals surface area contributed by atoms with Crippen molar-refractivity contribution in [1.82, 2.24) is 0 Å². The lowest BCUT2D eigenvalue weighted by Gasteiger charge is -2.29. The molecule has 2 rings (SSSR count). The van der Waals surface area contributed by atoms with Crippen LogP contribution in [0.5, 0.6) is 5.75 Å². The van der Waals surface area contributed by atoms with Crippen molar-refractivity contribution in [1.29, 1.82) is 0 Å². The molecule has 0 aromatic heterocycles. The number of nitrogens with two attached hydrogens (primary N) is 1. The Morgan fingerprint density at radius 3 is 3.13 bits per heavy atom. The van der Waals surface area contributed by atoms with Crippen molar-refractivity contribution < 1.29 is 9.53 Å². The van der Waals surface area contributed by atoms with Crippen molar-refractivity contribution in [3.05, 3.63) is 18.2 Å². The summed E-state index contributed by atoms with van der Waals surface area (Å²) in [5.74, 6) is 0.812. The average molecular weight is 206 g/mol. The van der Waals surface area contributed by atoms with E-state index < -0.39 is 0 Å². The summed E-state index contributed by atoms with van der Waals surface area (Å²) in [4.78, 5) is 13.4. The minimum Gasteiger partial charge on any atom is -0.489 e. The molecule has 1 amide bonds. The second kappa shape index (κ2) is 3.81. The molecule has 0 saturated carbocycles. The van der Waals surface area contributed by atoms with Crippen molar-refractivity contribution in [2.75, 3.05) is 23.8 Å². The lowest BCUT2D eigenvalue weighted by Crippen LogP contribution is -2.37. The van der Waals surface area contributed by atoms with Gasteiger partial charge in [-0.3, -0.25) is 4.79 Å². The van der Waals surface area contributed by atoms with E-state index in [4.69, 9.17) is 10.5 Å². The van der Waals surface area contributed by atoms with E-state index in [1.165, 1.54) is 0 Å². The van der Waals surface area contributed by atoms with E-state index in [1.54, 1.807) is 17.0 Å². The molecule has 0 atom stereocenters. The quantitative estimate of drug-likeness (QED) is 0.707. The fraction of sp³-hybridized carbons (Fsp3) is 0.364. The Labute approximate surface area is 88.6 Å². The summed E-state index contributed by atoms with van der Waals surface area (Å²) >= 11 is 0. The summed E-state index contributed by atoms with van der Waals surface area (Å²) in [6.07, 6.45) is 0.504. The maximum Gasteiger partial charge on any atom is 0.226 e. The van der Waals surface area contributed by atoms with Crippen LogP contribution in [-0.2, 0) is 4.79 Å². The van der Waals surface area contributed by atoms with Crippen LogP contribution in [0.1, 0.15) is 13.3 Å². The largest absolute Gasteiger partial charge is 0.489 e. The van der Waals surface area contributed by atoms with Crippen LogP contribution < -0.4 is 15.4 Å². The van der Waals surface area contributed by atoms with Crippen molar-refractivity contribution in [2.24, 2.45) is 0 Å². The highest BCUT2D eigenvalue weighted by atomic mass is 16.5. The molecule has 4 heteroatoms. The lowest BCUT2D eigenvalue weighted by molar-refractivity contribution is -0.118. The molecular weight excluding hydrogens is 192 g/mol. The lowest BCUT2D eigenvalue weighted by atomic mass is 10.2. The molecule has 1 heterocycles. The van der Waals surface area contributed by atoms with E-state index in [9.17, 15) is 4.79 Å². The summed E-state index contributed by atoms with van der Waals surface area (Å²) in [6, 6.07) is 5.37. The molecular formula is C11H14N2O2. The summed E-state index contributed by atoms with van der Waals surface area (Å²) < 4.78 is 5.46.